The van der Waals surface area contributed by atoms with Gasteiger partial charge in [0.2, 0.25) is 5.91 Å². The van der Waals surface area contributed by atoms with Gasteiger partial charge in [0.05, 0.1) is 6.61 Å². The van der Waals surface area contributed by atoms with E-state index in [0.717, 1.165) is 17.9 Å². The van der Waals surface area contributed by atoms with Gasteiger partial charge in [-0.2, -0.15) is 0 Å². The van der Waals surface area contributed by atoms with Gasteiger partial charge in [-0.1, -0.05) is 30.7 Å². The lowest BCUT2D eigenvalue weighted by atomic mass is 10.0. The maximum atomic E-state index is 12.3. The van der Waals surface area contributed by atoms with Crippen molar-refractivity contribution >= 4 is 11.7 Å². The van der Waals surface area contributed by atoms with Crippen LogP contribution in [0.3, 0.4) is 0 Å². The highest BCUT2D eigenvalue weighted by Crippen LogP contribution is 2.19. The smallest absolute Gasteiger partial charge is 0.220 e. The molecule has 0 saturated carbocycles. The molecule has 5 nitrogen and oxygen atoms in total. The van der Waals surface area contributed by atoms with Crippen LogP contribution in [0.25, 0.3) is 0 Å². The zero-order chi connectivity index (χ0) is 22.1. The SMILES string of the molecule is CCOc1ccc(C(=O)CCC(=O)NCc2ccc(CN3CCCCC3C)cc2)cc1. The van der Waals surface area contributed by atoms with E-state index >= 15 is 0 Å². The van der Waals surface area contributed by atoms with E-state index in [-0.39, 0.29) is 24.5 Å². The molecule has 1 aliphatic heterocycles. The molecule has 1 amide bonds. The molecule has 2 aromatic carbocycles. The average Bonchev–Trinajstić information content (AvgIpc) is 2.79. The second-order valence-electron chi connectivity index (χ2n) is 8.29. The number of hydrogen-bond acceptors (Lipinski definition) is 4. The van der Waals surface area contributed by atoms with Crippen molar-refractivity contribution in [3.8, 4) is 5.75 Å². The van der Waals surface area contributed by atoms with Crippen LogP contribution in [0, 0.1) is 0 Å². The zero-order valence-corrected chi connectivity index (χ0v) is 18.7. The Labute approximate surface area is 185 Å². The van der Waals surface area contributed by atoms with Crippen LogP contribution < -0.4 is 10.1 Å². The molecule has 1 N–H and O–H groups in total. The van der Waals surface area contributed by atoms with Gasteiger partial charge in [-0.15, -0.1) is 0 Å². The minimum atomic E-state index is -0.106. The third-order valence-electron chi connectivity index (χ3n) is 5.91. The summed E-state index contributed by atoms with van der Waals surface area (Å²) in [4.78, 5) is 27.0. The maximum absolute atomic E-state index is 12.3. The summed E-state index contributed by atoms with van der Waals surface area (Å²) in [6.45, 7) is 7.46. The number of nitrogens with zero attached hydrogens (tertiary/aromatic N) is 1. The molecule has 0 radical (unpaired) electrons. The van der Waals surface area contributed by atoms with Crippen LogP contribution in [0.1, 0.15) is 67.4 Å². The van der Waals surface area contributed by atoms with Crippen LogP contribution in [0.15, 0.2) is 48.5 Å². The van der Waals surface area contributed by atoms with E-state index in [9.17, 15) is 9.59 Å². The van der Waals surface area contributed by atoms with Gasteiger partial charge in [-0.25, -0.2) is 0 Å². The van der Waals surface area contributed by atoms with E-state index in [1.54, 1.807) is 24.3 Å². The van der Waals surface area contributed by atoms with Gasteiger partial charge in [-0.3, -0.25) is 14.5 Å². The summed E-state index contributed by atoms with van der Waals surface area (Å²) < 4.78 is 5.38. The summed E-state index contributed by atoms with van der Waals surface area (Å²) in [6, 6.07) is 16.2. The lowest BCUT2D eigenvalue weighted by molar-refractivity contribution is -0.121. The number of Topliss-reactive ketones (excluding diaryl/α,β-unsaturated/α-hetero) is 1. The van der Waals surface area contributed by atoms with Crippen LogP contribution in [-0.4, -0.2) is 35.8 Å². The number of amides is 1. The van der Waals surface area contributed by atoms with E-state index in [2.05, 4.69) is 41.4 Å². The van der Waals surface area contributed by atoms with E-state index in [1.165, 1.54) is 31.4 Å². The van der Waals surface area contributed by atoms with Gasteiger partial charge >= 0.3 is 0 Å². The van der Waals surface area contributed by atoms with Gasteiger partial charge in [0.1, 0.15) is 5.75 Å². The van der Waals surface area contributed by atoms with Crippen molar-refractivity contribution in [2.24, 2.45) is 0 Å². The van der Waals surface area contributed by atoms with Crippen molar-refractivity contribution in [2.45, 2.75) is 65.1 Å². The quantitative estimate of drug-likeness (QED) is 0.562. The molecule has 166 valence electrons. The number of benzene rings is 2. The van der Waals surface area contributed by atoms with Gasteiger partial charge in [0.15, 0.2) is 5.78 Å². The maximum Gasteiger partial charge on any atom is 0.220 e. The third-order valence-corrected chi connectivity index (χ3v) is 5.91. The molecule has 31 heavy (non-hydrogen) atoms. The van der Waals surface area contributed by atoms with Crippen molar-refractivity contribution in [1.82, 2.24) is 10.2 Å². The first-order chi connectivity index (χ1) is 15.0. The lowest BCUT2D eigenvalue weighted by Gasteiger charge is -2.33. The molecule has 1 fully saturated rings. The summed E-state index contributed by atoms with van der Waals surface area (Å²) in [6.07, 6.45) is 4.30. The number of rotatable bonds is 10. The first kappa shape index (κ1) is 23.0. The standard InChI is InChI=1S/C26H34N2O3/c1-3-31-24-13-11-23(12-14-24)25(29)15-16-26(30)27-18-21-7-9-22(10-8-21)19-28-17-5-4-6-20(28)2/h7-14,20H,3-6,15-19H2,1-2H3,(H,27,30). The molecule has 1 atom stereocenters. The summed E-state index contributed by atoms with van der Waals surface area (Å²) in [7, 11) is 0. The predicted octanol–water partition coefficient (Wildman–Crippen LogP) is 4.74. The fourth-order valence-electron chi connectivity index (χ4n) is 3.95. The van der Waals surface area contributed by atoms with Gasteiger partial charge in [0, 0.05) is 37.5 Å². The Bertz CT molecular complexity index is 846. The Morgan fingerprint density at radius 2 is 1.71 bits per heavy atom. The fourth-order valence-corrected chi connectivity index (χ4v) is 3.95. The number of piperidine rings is 1. The summed E-state index contributed by atoms with van der Waals surface area (Å²) in [5.41, 5.74) is 2.99. The normalized spacial score (nSPS) is 16.6. The van der Waals surface area contributed by atoms with Crippen LogP contribution in [-0.2, 0) is 17.9 Å². The topological polar surface area (TPSA) is 58.6 Å². The monoisotopic (exact) mass is 422 g/mol. The van der Waals surface area contributed by atoms with Crippen LogP contribution in [0.2, 0.25) is 0 Å². The Kier molecular flexibility index (Phi) is 8.65. The first-order valence-electron chi connectivity index (χ1n) is 11.4. The number of carbonyl (C=O) groups excluding carboxylic acids is 2. The van der Waals surface area contributed by atoms with Crippen LogP contribution in [0.5, 0.6) is 5.75 Å². The number of carbonyl (C=O) groups is 2. The number of ketones is 1. The van der Waals surface area contributed by atoms with E-state index in [4.69, 9.17) is 4.74 Å². The number of ether oxygens (including phenoxy) is 1. The summed E-state index contributed by atoms with van der Waals surface area (Å²) >= 11 is 0. The van der Waals surface area contributed by atoms with Crippen LogP contribution in [0.4, 0.5) is 0 Å². The Morgan fingerprint density at radius 3 is 2.39 bits per heavy atom. The molecule has 1 aliphatic rings. The van der Waals surface area contributed by atoms with Gasteiger partial charge in [-0.05, 0) is 68.6 Å². The van der Waals surface area contributed by atoms with Crippen LogP contribution >= 0.6 is 0 Å². The molecule has 1 saturated heterocycles. The molecule has 2 aromatic rings. The number of hydrogen-bond donors (Lipinski definition) is 1. The fraction of sp³-hybridized carbons (Fsp3) is 0.462. The predicted molar refractivity (Wildman–Crippen MR) is 123 cm³/mol. The van der Waals surface area contributed by atoms with Crippen molar-refractivity contribution in [3.63, 3.8) is 0 Å². The zero-order valence-electron chi connectivity index (χ0n) is 18.7. The van der Waals surface area contributed by atoms with Gasteiger partial charge in [0.25, 0.3) is 0 Å². The minimum Gasteiger partial charge on any atom is -0.494 e. The van der Waals surface area contributed by atoms with Crippen molar-refractivity contribution in [1.29, 1.82) is 0 Å². The average molecular weight is 423 g/mol. The number of nitrogens with one attached hydrogen (secondary N) is 1. The Hall–Kier alpha value is -2.66. The van der Waals surface area contributed by atoms with E-state index < -0.39 is 0 Å². The molecule has 0 aromatic heterocycles. The second kappa shape index (κ2) is 11.7. The highest BCUT2D eigenvalue weighted by Gasteiger charge is 2.18. The molecular formula is C26H34N2O3. The molecule has 0 aliphatic carbocycles. The molecule has 5 heteroatoms. The van der Waals surface area contributed by atoms with E-state index in [0.29, 0.717) is 24.8 Å². The molecule has 0 bridgehead atoms. The Balaban J connectivity index is 1.39. The van der Waals surface area contributed by atoms with Gasteiger partial charge < -0.3 is 10.1 Å². The summed E-state index contributed by atoms with van der Waals surface area (Å²) in [5, 5.41) is 2.92. The minimum absolute atomic E-state index is 0.0329. The Morgan fingerprint density at radius 1 is 1.00 bits per heavy atom. The molecule has 3 rings (SSSR count). The van der Waals surface area contributed by atoms with Crippen molar-refractivity contribution < 1.29 is 14.3 Å². The lowest BCUT2D eigenvalue weighted by Crippen LogP contribution is -2.36. The third kappa shape index (κ3) is 7.21. The first-order valence-corrected chi connectivity index (χ1v) is 11.4. The summed E-state index contributed by atoms with van der Waals surface area (Å²) in [5.74, 6) is 0.605. The second-order valence-corrected chi connectivity index (χ2v) is 8.29. The van der Waals surface area contributed by atoms with E-state index in [1.807, 2.05) is 6.92 Å². The molecular weight excluding hydrogens is 388 g/mol. The number of likely N-dealkylation sites (tertiary alicyclic amines) is 1. The van der Waals surface area contributed by atoms with Crippen molar-refractivity contribution in [3.05, 3.63) is 65.2 Å². The highest BCUT2D eigenvalue weighted by molar-refractivity contribution is 5.98. The highest BCUT2D eigenvalue weighted by atomic mass is 16.5. The largest absolute Gasteiger partial charge is 0.494 e. The molecule has 1 heterocycles. The van der Waals surface area contributed by atoms with Crippen molar-refractivity contribution in [2.75, 3.05) is 13.2 Å². The molecule has 0 spiro atoms. The molecule has 1 unspecified atom stereocenters.